The van der Waals surface area contributed by atoms with Crippen LogP contribution in [-0.2, 0) is 4.79 Å². The van der Waals surface area contributed by atoms with Crippen molar-refractivity contribution in [2.45, 2.75) is 115 Å². The second kappa shape index (κ2) is 13.5. The standard InChI is InChI=1S/C37H51F2N7O2/c1-4-44(24(2)3)35(47)30-20-27(38)9-10-32(30)46-17-16-45(34-33(46)22-40-23-41-34)29-6-5-14-43(15-12-29)36(48)31-21-37(39)13-11-28(42-31)19-26(37)18-25-7-8-25/h9-10,20,22-26,28-29,31,42H,4-8,11-19,21H2,1-3H3/t26-,28-,29?,31-,37-/m0/s1. The molecule has 0 spiro atoms. The number of hydrogen-bond donors (Lipinski definition) is 1. The molecule has 1 unspecified atom stereocenters. The summed E-state index contributed by atoms with van der Waals surface area (Å²) in [4.78, 5) is 44.8. The molecule has 5 heterocycles. The first-order valence-electron chi connectivity index (χ1n) is 18.3. The first kappa shape index (κ1) is 33.2. The number of benzene rings is 1. The largest absolute Gasteiger partial charge is 0.350 e. The molecule has 5 atom stereocenters. The highest BCUT2D eigenvalue weighted by molar-refractivity contribution is 6.01. The van der Waals surface area contributed by atoms with Crippen LogP contribution < -0.4 is 15.1 Å². The molecule has 3 saturated heterocycles. The van der Waals surface area contributed by atoms with E-state index >= 15 is 4.39 Å². The second-order valence-electron chi connectivity index (χ2n) is 15.1. The molecule has 1 aromatic heterocycles. The summed E-state index contributed by atoms with van der Waals surface area (Å²) in [5, 5.41) is 3.60. The fraction of sp³-hybridized carbons (Fsp3) is 0.676. The number of alkyl halides is 1. The van der Waals surface area contributed by atoms with E-state index in [1.807, 2.05) is 30.6 Å². The zero-order chi connectivity index (χ0) is 33.6. The van der Waals surface area contributed by atoms with Crippen LogP contribution in [0.25, 0.3) is 0 Å². The van der Waals surface area contributed by atoms with Gasteiger partial charge < -0.3 is 24.9 Å². The minimum atomic E-state index is -1.24. The lowest BCUT2D eigenvalue weighted by Crippen LogP contribution is -2.50. The fourth-order valence-electron chi connectivity index (χ4n) is 9.03. The lowest BCUT2D eigenvalue weighted by molar-refractivity contribution is -0.134. The van der Waals surface area contributed by atoms with Crippen LogP contribution in [0, 0.1) is 17.7 Å². The van der Waals surface area contributed by atoms with E-state index in [2.05, 4.69) is 15.2 Å². The van der Waals surface area contributed by atoms with Gasteiger partial charge in [-0.2, -0.15) is 0 Å². The van der Waals surface area contributed by atoms with Crippen molar-refractivity contribution in [3.8, 4) is 0 Å². The SMILES string of the molecule is CCN(C(=O)c1cc(F)ccc1N1CCN(C2CCCN(C(=O)[C@@H]3C[C@@]4(F)CC[C@@H](C[C@@H]4CC4CC4)N3)CC2)c2ncncc21)C(C)C. The number of rotatable bonds is 8. The Balaban J connectivity index is 1.06. The van der Waals surface area contributed by atoms with E-state index in [9.17, 15) is 14.0 Å². The maximum atomic E-state index is 16.4. The predicted octanol–water partition coefficient (Wildman–Crippen LogP) is 5.86. The van der Waals surface area contributed by atoms with Gasteiger partial charge in [0.15, 0.2) is 5.82 Å². The molecule has 2 saturated carbocycles. The maximum Gasteiger partial charge on any atom is 0.256 e. The molecule has 2 aliphatic carbocycles. The van der Waals surface area contributed by atoms with Crippen molar-refractivity contribution < 1.29 is 18.4 Å². The number of hydrogen-bond acceptors (Lipinski definition) is 7. The van der Waals surface area contributed by atoms with Gasteiger partial charge in [-0.15, -0.1) is 0 Å². The van der Waals surface area contributed by atoms with Gasteiger partial charge in [0.1, 0.15) is 23.5 Å². The minimum absolute atomic E-state index is 0.0245. The van der Waals surface area contributed by atoms with Crippen LogP contribution in [0.3, 0.4) is 0 Å². The topological polar surface area (TPSA) is 84.9 Å². The molecule has 6 aliphatic rings. The molecule has 11 heteroatoms. The van der Waals surface area contributed by atoms with E-state index in [-0.39, 0.29) is 35.9 Å². The van der Waals surface area contributed by atoms with Gasteiger partial charge in [0.2, 0.25) is 5.91 Å². The van der Waals surface area contributed by atoms with Crippen LogP contribution in [0.1, 0.15) is 95.3 Å². The van der Waals surface area contributed by atoms with Gasteiger partial charge in [-0.3, -0.25) is 9.59 Å². The molecule has 260 valence electrons. The van der Waals surface area contributed by atoms with E-state index in [1.54, 1.807) is 23.5 Å². The highest BCUT2D eigenvalue weighted by Crippen LogP contribution is 2.49. The molecule has 2 amide bonds. The number of carbonyl (C=O) groups excluding carboxylic acids is 2. The molecular formula is C37H51F2N7O2. The number of nitrogens with zero attached hydrogens (tertiary/aromatic N) is 6. The number of carbonyl (C=O) groups is 2. The summed E-state index contributed by atoms with van der Waals surface area (Å²) in [6, 6.07) is 4.34. The number of halogens is 2. The Kier molecular flexibility index (Phi) is 9.34. The van der Waals surface area contributed by atoms with Gasteiger partial charge in [-0.05, 0) is 95.8 Å². The highest BCUT2D eigenvalue weighted by Gasteiger charge is 2.51. The molecule has 1 N–H and O–H groups in total. The Morgan fingerprint density at radius 2 is 1.92 bits per heavy atom. The number of likely N-dealkylation sites (tertiary alicyclic amines) is 1. The summed E-state index contributed by atoms with van der Waals surface area (Å²) in [6.07, 6.45) is 11.9. The summed E-state index contributed by atoms with van der Waals surface area (Å²) >= 11 is 0. The molecule has 48 heavy (non-hydrogen) atoms. The van der Waals surface area contributed by atoms with Crippen LogP contribution in [0.2, 0.25) is 0 Å². The Morgan fingerprint density at radius 1 is 1.08 bits per heavy atom. The molecular weight excluding hydrogens is 612 g/mol. The average Bonchev–Trinajstić information content (AvgIpc) is 3.94. The third-order valence-electron chi connectivity index (χ3n) is 11.8. The van der Waals surface area contributed by atoms with Crippen LogP contribution in [-0.4, -0.2) is 94.1 Å². The van der Waals surface area contributed by atoms with E-state index in [0.29, 0.717) is 62.7 Å². The molecule has 0 radical (unpaired) electrons. The monoisotopic (exact) mass is 663 g/mol. The van der Waals surface area contributed by atoms with Crippen molar-refractivity contribution in [2.24, 2.45) is 11.8 Å². The Labute approximate surface area is 283 Å². The van der Waals surface area contributed by atoms with Crippen molar-refractivity contribution in [3.05, 3.63) is 42.1 Å². The Hall–Kier alpha value is -3.34. The Bertz CT molecular complexity index is 1500. The number of amides is 2. The van der Waals surface area contributed by atoms with Crippen molar-refractivity contribution in [2.75, 3.05) is 42.5 Å². The predicted molar refractivity (Wildman–Crippen MR) is 183 cm³/mol. The van der Waals surface area contributed by atoms with Gasteiger partial charge in [0.05, 0.1) is 23.5 Å². The van der Waals surface area contributed by atoms with E-state index in [4.69, 9.17) is 4.98 Å². The molecule has 5 fully saturated rings. The van der Waals surface area contributed by atoms with Gasteiger partial charge >= 0.3 is 0 Å². The summed E-state index contributed by atoms with van der Waals surface area (Å²) in [7, 11) is 0. The first-order valence-corrected chi connectivity index (χ1v) is 18.3. The van der Waals surface area contributed by atoms with Crippen molar-refractivity contribution >= 4 is 29.0 Å². The quantitative estimate of drug-likeness (QED) is 0.379. The van der Waals surface area contributed by atoms with Gasteiger partial charge in [-0.1, -0.05) is 12.8 Å². The van der Waals surface area contributed by atoms with E-state index in [0.717, 1.165) is 50.0 Å². The summed E-state index contributed by atoms with van der Waals surface area (Å²) < 4.78 is 31.0. The third-order valence-corrected chi connectivity index (χ3v) is 11.8. The van der Waals surface area contributed by atoms with Crippen molar-refractivity contribution in [1.29, 1.82) is 0 Å². The molecule has 9 nitrogen and oxygen atoms in total. The zero-order valence-corrected chi connectivity index (χ0v) is 28.7. The van der Waals surface area contributed by atoms with Gasteiger partial charge in [-0.25, -0.2) is 18.7 Å². The van der Waals surface area contributed by atoms with E-state index < -0.39 is 17.5 Å². The molecule has 2 bridgehead atoms. The van der Waals surface area contributed by atoms with Crippen LogP contribution >= 0.6 is 0 Å². The number of anilines is 3. The zero-order valence-electron chi connectivity index (χ0n) is 28.7. The molecule has 2 aromatic rings. The first-order chi connectivity index (χ1) is 23.1. The smallest absolute Gasteiger partial charge is 0.256 e. The lowest BCUT2D eigenvalue weighted by Gasteiger charge is -2.42. The second-order valence-corrected chi connectivity index (χ2v) is 15.1. The summed E-state index contributed by atoms with van der Waals surface area (Å²) in [5.74, 6) is 0.947. The van der Waals surface area contributed by atoms with Crippen LogP contribution in [0.5, 0.6) is 0 Å². The van der Waals surface area contributed by atoms with Crippen molar-refractivity contribution in [3.63, 3.8) is 0 Å². The van der Waals surface area contributed by atoms with Gasteiger partial charge in [0, 0.05) is 57.3 Å². The maximum absolute atomic E-state index is 16.4. The van der Waals surface area contributed by atoms with Crippen LogP contribution in [0.4, 0.5) is 26.0 Å². The van der Waals surface area contributed by atoms with E-state index in [1.165, 1.54) is 25.0 Å². The lowest BCUT2D eigenvalue weighted by atomic mass is 9.72. The number of fused-ring (bicyclic) bond motifs is 5. The highest BCUT2D eigenvalue weighted by atomic mass is 19.1. The summed E-state index contributed by atoms with van der Waals surface area (Å²) in [6.45, 7) is 8.91. The van der Waals surface area contributed by atoms with Crippen LogP contribution in [0.15, 0.2) is 30.7 Å². The molecule has 1 aromatic carbocycles. The number of aromatic nitrogens is 2. The third kappa shape index (κ3) is 6.51. The normalized spacial score (nSPS) is 29.0. The molecule has 4 aliphatic heterocycles. The average molecular weight is 664 g/mol. The minimum Gasteiger partial charge on any atom is -0.350 e. The Morgan fingerprint density at radius 3 is 2.69 bits per heavy atom. The van der Waals surface area contributed by atoms with Crippen molar-refractivity contribution in [1.82, 2.24) is 25.1 Å². The fourth-order valence-corrected chi connectivity index (χ4v) is 9.03. The molecule has 8 rings (SSSR count). The van der Waals surface area contributed by atoms with Gasteiger partial charge in [0.25, 0.3) is 5.91 Å². The summed E-state index contributed by atoms with van der Waals surface area (Å²) in [5.41, 5.74) is 0.510. The number of nitrogens with one attached hydrogen (secondary N) is 1.